The highest BCUT2D eigenvalue weighted by Crippen LogP contribution is 2.70. The molecule has 0 aromatic carbocycles. The maximum absolute atomic E-state index is 12.8. The molecule has 0 bridgehead atoms. The van der Waals surface area contributed by atoms with Gasteiger partial charge in [-0.05, 0) is 98.7 Å². The molecule has 6 rings (SSSR count). The molecule has 3 nitrogen and oxygen atoms in total. The van der Waals surface area contributed by atoms with Gasteiger partial charge in [0.1, 0.15) is 6.10 Å². The van der Waals surface area contributed by atoms with Crippen LogP contribution in [0.15, 0.2) is 0 Å². The van der Waals surface area contributed by atoms with E-state index in [0.29, 0.717) is 22.5 Å². The van der Waals surface area contributed by atoms with Crippen LogP contribution in [-0.4, -0.2) is 29.2 Å². The van der Waals surface area contributed by atoms with E-state index in [1.165, 1.54) is 44.9 Å². The summed E-state index contributed by atoms with van der Waals surface area (Å²) in [6.45, 7) is 2.55. The molecule has 138 valence electrons. The van der Waals surface area contributed by atoms with Gasteiger partial charge in [-0.1, -0.05) is 6.92 Å². The Kier molecular flexibility index (Phi) is 3.06. The maximum Gasteiger partial charge on any atom is 0.167 e. The number of ketones is 1. The van der Waals surface area contributed by atoms with Crippen LogP contribution in [0.2, 0.25) is 0 Å². The fourth-order valence-electron chi connectivity index (χ4n) is 8.99. The number of ether oxygens (including phenoxy) is 1. The Labute approximate surface area is 150 Å². The lowest BCUT2D eigenvalue weighted by molar-refractivity contribution is -0.146. The van der Waals surface area contributed by atoms with E-state index in [-0.39, 0.29) is 18.3 Å². The molecule has 0 aromatic heterocycles. The van der Waals surface area contributed by atoms with E-state index in [1.54, 1.807) is 0 Å². The molecule has 3 heteroatoms. The second-order valence-corrected chi connectivity index (χ2v) is 10.7. The monoisotopic (exact) mass is 344 g/mol. The van der Waals surface area contributed by atoms with Gasteiger partial charge in [-0.2, -0.15) is 0 Å². The van der Waals surface area contributed by atoms with Crippen LogP contribution in [0.4, 0.5) is 0 Å². The molecule has 1 saturated heterocycles. The van der Waals surface area contributed by atoms with Crippen molar-refractivity contribution in [2.75, 3.05) is 0 Å². The largest absolute Gasteiger partial charge is 0.393 e. The number of carbonyl (C=O) groups excluding carboxylic acids is 1. The Bertz CT molecular complexity index is 616. The molecule has 0 amide bonds. The van der Waals surface area contributed by atoms with Gasteiger partial charge in [-0.3, -0.25) is 4.79 Å². The van der Waals surface area contributed by atoms with Gasteiger partial charge >= 0.3 is 0 Å². The van der Waals surface area contributed by atoms with Crippen molar-refractivity contribution in [1.29, 1.82) is 0 Å². The standard InChI is InChI=1S/C22H32O3/c1-21-8-6-13(23)10-12(21)2-3-14-15(21)7-9-22-11-18-20(25-18)19(24)17(22)5-4-16(14)22/h12-18,20,23H,2-11H2,1H3/t12-,13-,14+,15-,16-,17+,18?,20-,21-,22-/m0/s1. The van der Waals surface area contributed by atoms with Gasteiger partial charge in [0.05, 0.1) is 12.2 Å². The van der Waals surface area contributed by atoms with E-state index < -0.39 is 0 Å². The molecule has 5 aliphatic carbocycles. The number of aliphatic hydroxyl groups excluding tert-OH is 1. The Morgan fingerprint density at radius 1 is 1.04 bits per heavy atom. The quantitative estimate of drug-likeness (QED) is 0.681. The van der Waals surface area contributed by atoms with E-state index >= 15 is 0 Å². The van der Waals surface area contributed by atoms with Crippen molar-refractivity contribution in [3.05, 3.63) is 0 Å². The Morgan fingerprint density at radius 2 is 1.92 bits per heavy atom. The lowest BCUT2D eigenvalue weighted by Gasteiger charge is -2.61. The molecular formula is C22H32O3. The minimum absolute atomic E-state index is 0.0137. The van der Waals surface area contributed by atoms with Crippen molar-refractivity contribution in [1.82, 2.24) is 0 Å². The van der Waals surface area contributed by atoms with E-state index in [1.807, 2.05) is 0 Å². The first-order valence-electron chi connectivity index (χ1n) is 10.9. The first-order valence-corrected chi connectivity index (χ1v) is 10.9. The third kappa shape index (κ3) is 1.87. The normalized spacial score (nSPS) is 62.2. The molecule has 1 N–H and O–H groups in total. The molecule has 25 heavy (non-hydrogen) atoms. The number of carbonyl (C=O) groups is 1. The predicted octanol–water partition coefficient (Wildman–Crippen LogP) is 3.73. The predicted molar refractivity (Wildman–Crippen MR) is 93.8 cm³/mol. The summed E-state index contributed by atoms with van der Waals surface area (Å²) in [5, 5.41) is 10.2. The Morgan fingerprint density at radius 3 is 2.80 bits per heavy atom. The summed E-state index contributed by atoms with van der Waals surface area (Å²) in [4.78, 5) is 12.8. The van der Waals surface area contributed by atoms with E-state index in [9.17, 15) is 9.90 Å². The minimum atomic E-state index is -0.0552. The molecule has 0 aromatic rings. The number of epoxide rings is 1. The summed E-state index contributed by atoms with van der Waals surface area (Å²) in [5.41, 5.74) is 0.742. The van der Waals surface area contributed by atoms with Crippen molar-refractivity contribution in [3.8, 4) is 0 Å². The topological polar surface area (TPSA) is 49.8 Å². The van der Waals surface area contributed by atoms with Gasteiger partial charge in [0, 0.05) is 5.92 Å². The van der Waals surface area contributed by atoms with Crippen LogP contribution in [-0.2, 0) is 9.53 Å². The highest BCUT2D eigenvalue weighted by molar-refractivity contribution is 5.90. The molecule has 1 aliphatic heterocycles. The molecule has 1 spiro atoms. The van der Waals surface area contributed by atoms with Crippen LogP contribution in [0.1, 0.15) is 71.1 Å². The molecule has 10 atom stereocenters. The highest BCUT2D eigenvalue weighted by atomic mass is 16.6. The van der Waals surface area contributed by atoms with Crippen molar-refractivity contribution in [2.24, 2.45) is 40.4 Å². The zero-order valence-electron chi connectivity index (χ0n) is 15.5. The van der Waals surface area contributed by atoms with Gasteiger partial charge in [0.2, 0.25) is 0 Å². The molecule has 1 unspecified atom stereocenters. The first kappa shape index (κ1) is 15.6. The second-order valence-electron chi connectivity index (χ2n) is 10.7. The third-order valence-electron chi connectivity index (χ3n) is 10.1. The van der Waals surface area contributed by atoms with E-state index in [2.05, 4.69) is 6.92 Å². The second kappa shape index (κ2) is 4.90. The van der Waals surface area contributed by atoms with Crippen LogP contribution in [0, 0.1) is 40.4 Å². The summed E-state index contributed by atoms with van der Waals surface area (Å²) < 4.78 is 5.75. The molecule has 5 saturated carbocycles. The van der Waals surface area contributed by atoms with Gasteiger partial charge in [0.15, 0.2) is 5.78 Å². The first-order chi connectivity index (χ1) is 12.0. The summed E-state index contributed by atoms with van der Waals surface area (Å²) in [7, 11) is 0. The smallest absolute Gasteiger partial charge is 0.167 e. The molecule has 1 heterocycles. The van der Waals surface area contributed by atoms with Crippen LogP contribution in [0.3, 0.4) is 0 Å². The van der Waals surface area contributed by atoms with E-state index in [4.69, 9.17) is 4.74 Å². The summed E-state index contributed by atoms with van der Waals surface area (Å²) >= 11 is 0. The molecule has 6 aliphatic rings. The average Bonchev–Trinajstić information content (AvgIpc) is 3.25. The summed E-state index contributed by atoms with van der Waals surface area (Å²) in [6, 6.07) is 0. The number of aliphatic hydroxyl groups is 1. The number of hydrogen-bond donors (Lipinski definition) is 1. The fourth-order valence-corrected chi connectivity index (χ4v) is 8.99. The molecule has 0 radical (unpaired) electrons. The van der Waals surface area contributed by atoms with Gasteiger partial charge in [-0.25, -0.2) is 0 Å². The lowest BCUT2D eigenvalue weighted by atomic mass is 9.43. The van der Waals surface area contributed by atoms with Crippen molar-refractivity contribution in [3.63, 3.8) is 0 Å². The summed E-state index contributed by atoms with van der Waals surface area (Å²) in [6.07, 6.45) is 12.3. The fraction of sp³-hybridized carbons (Fsp3) is 0.955. The van der Waals surface area contributed by atoms with Crippen molar-refractivity contribution < 1.29 is 14.6 Å². The number of hydrogen-bond acceptors (Lipinski definition) is 3. The average molecular weight is 344 g/mol. The molecule has 6 fully saturated rings. The van der Waals surface area contributed by atoms with Crippen LogP contribution >= 0.6 is 0 Å². The third-order valence-corrected chi connectivity index (χ3v) is 10.1. The summed E-state index contributed by atoms with van der Waals surface area (Å²) in [5.74, 6) is 3.96. The number of fused-ring (bicyclic) bond motifs is 5. The van der Waals surface area contributed by atoms with E-state index in [0.717, 1.165) is 42.9 Å². The zero-order chi connectivity index (χ0) is 17.0. The Balaban J connectivity index is 1.33. The SMILES string of the molecule is C[C@]12CC[C@H](O)C[C@@H]1CC[C@@H]1[C@@H]2CC[C@@]23CC4O[C@@H]4C(=O)[C@H]2CC[C@@H]13. The number of Topliss-reactive ketones (excluding diaryl/α,β-unsaturated/α-hetero) is 1. The van der Waals surface area contributed by atoms with Crippen molar-refractivity contribution >= 4 is 5.78 Å². The van der Waals surface area contributed by atoms with Gasteiger partial charge in [-0.15, -0.1) is 0 Å². The molecular weight excluding hydrogens is 312 g/mol. The van der Waals surface area contributed by atoms with Crippen molar-refractivity contribution in [2.45, 2.75) is 89.4 Å². The minimum Gasteiger partial charge on any atom is -0.393 e. The van der Waals surface area contributed by atoms with Gasteiger partial charge in [0.25, 0.3) is 0 Å². The highest BCUT2D eigenvalue weighted by Gasteiger charge is 2.69. The Hall–Kier alpha value is -0.410. The lowest BCUT2D eigenvalue weighted by Crippen LogP contribution is -2.56. The zero-order valence-corrected chi connectivity index (χ0v) is 15.5. The van der Waals surface area contributed by atoms with Crippen LogP contribution in [0.5, 0.6) is 0 Å². The maximum atomic E-state index is 12.8. The number of rotatable bonds is 0. The van der Waals surface area contributed by atoms with Gasteiger partial charge < -0.3 is 9.84 Å². The van der Waals surface area contributed by atoms with Crippen LogP contribution in [0.25, 0.3) is 0 Å². The van der Waals surface area contributed by atoms with Crippen LogP contribution < -0.4 is 0 Å².